The average Bonchev–Trinajstić information content (AvgIpc) is 2.45. The summed E-state index contributed by atoms with van der Waals surface area (Å²) < 4.78 is 0. The first-order valence-electron chi connectivity index (χ1n) is 6.24. The summed E-state index contributed by atoms with van der Waals surface area (Å²) in [4.78, 5) is 6.83. The lowest BCUT2D eigenvalue weighted by molar-refractivity contribution is 0.728. The third kappa shape index (κ3) is 3.26. The molecule has 2 N–H and O–H groups in total. The van der Waals surface area contributed by atoms with Gasteiger partial charge >= 0.3 is 0 Å². The fourth-order valence-corrected chi connectivity index (χ4v) is 2.26. The van der Waals surface area contributed by atoms with Gasteiger partial charge < -0.3 is 10.6 Å². The Morgan fingerprint density at radius 1 is 1.30 bits per heavy atom. The number of hydrogen-bond donors (Lipinski definition) is 1. The summed E-state index contributed by atoms with van der Waals surface area (Å²) in [5, 5.41) is 0.729. The molecule has 0 aliphatic heterocycles. The number of hydrogen-bond acceptors (Lipinski definition) is 3. The van der Waals surface area contributed by atoms with E-state index in [2.05, 4.69) is 16.8 Å². The standard InChI is InChI=1S/C15H16ClN3S/c1-10(11-5-3-6-12(16)9-11)19(2)14-8-4-7-13(18-14)15(17)20/h3-10H,1-2H3,(H2,17,20). The van der Waals surface area contributed by atoms with Crippen LogP contribution in [-0.2, 0) is 0 Å². The highest BCUT2D eigenvalue weighted by molar-refractivity contribution is 7.80. The molecule has 2 rings (SSSR count). The predicted molar refractivity (Wildman–Crippen MR) is 88.4 cm³/mol. The molecule has 1 aromatic carbocycles. The third-order valence-corrected chi connectivity index (χ3v) is 3.70. The number of nitrogens with zero attached hydrogens (tertiary/aromatic N) is 2. The third-order valence-electron chi connectivity index (χ3n) is 3.26. The second-order valence-corrected chi connectivity index (χ2v) is 5.46. The van der Waals surface area contributed by atoms with Gasteiger partial charge in [0.05, 0.1) is 11.7 Å². The van der Waals surface area contributed by atoms with Crippen molar-refractivity contribution in [2.75, 3.05) is 11.9 Å². The quantitative estimate of drug-likeness (QED) is 0.877. The number of benzene rings is 1. The van der Waals surface area contributed by atoms with Crippen molar-refractivity contribution in [3.63, 3.8) is 0 Å². The summed E-state index contributed by atoms with van der Waals surface area (Å²) >= 11 is 11.0. The SMILES string of the molecule is CC(c1cccc(Cl)c1)N(C)c1cccc(C(N)=S)n1. The van der Waals surface area contributed by atoms with Gasteiger partial charge in [0.25, 0.3) is 0 Å². The minimum Gasteiger partial charge on any atom is -0.388 e. The Morgan fingerprint density at radius 3 is 2.65 bits per heavy atom. The molecule has 104 valence electrons. The van der Waals surface area contributed by atoms with Crippen molar-refractivity contribution < 1.29 is 0 Å². The van der Waals surface area contributed by atoms with E-state index >= 15 is 0 Å². The fraction of sp³-hybridized carbons (Fsp3) is 0.200. The minimum atomic E-state index is 0.141. The van der Waals surface area contributed by atoms with Crippen molar-refractivity contribution in [1.29, 1.82) is 0 Å². The number of aromatic nitrogens is 1. The maximum Gasteiger partial charge on any atom is 0.129 e. The molecule has 0 aliphatic carbocycles. The molecule has 3 nitrogen and oxygen atoms in total. The van der Waals surface area contributed by atoms with E-state index in [0.717, 1.165) is 16.4 Å². The summed E-state index contributed by atoms with van der Waals surface area (Å²) in [5.74, 6) is 0.822. The molecule has 0 aliphatic rings. The van der Waals surface area contributed by atoms with E-state index < -0.39 is 0 Å². The lowest BCUT2D eigenvalue weighted by atomic mass is 10.1. The molecule has 1 atom stereocenters. The van der Waals surface area contributed by atoms with Gasteiger partial charge in [-0.15, -0.1) is 0 Å². The molecule has 0 saturated heterocycles. The second kappa shape index (κ2) is 6.20. The predicted octanol–water partition coefficient (Wildman–Crippen LogP) is 3.57. The summed E-state index contributed by atoms with van der Waals surface area (Å²) in [6.45, 7) is 2.10. The zero-order valence-electron chi connectivity index (χ0n) is 11.4. The Hall–Kier alpha value is -1.65. The normalized spacial score (nSPS) is 11.9. The van der Waals surface area contributed by atoms with Gasteiger partial charge in [0.2, 0.25) is 0 Å². The van der Waals surface area contributed by atoms with Crippen LogP contribution in [0.4, 0.5) is 5.82 Å². The van der Waals surface area contributed by atoms with Gasteiger partial charge in [0, 0.05) is 12.1 Å². The topological polar surface area (TPSA) is 42.1 Å². The van der Waals surface area contributed by atoms with Crippen LogP contribution in [0.1, 0.15) is 24.2 Å². The summed E-state index contributed by atoms with van der Waals surface area (Å²) in [6, 6.07) is 13.6. The maximum absolute atomic E-state index is 6.04. The molecular weight excluding hydrogens is 290 g/mol. The van der Waals surface area contributed by atoms with Crippen molar-refractivity contribution in [2.24, 2.45) is 5.73 Å². The zero-order chi connectivity index (χ0) is 14.7. The Kier molecular flexibility index (Phi) is 4.57. The number of anilines is 1. The summed E-state index contributed by atoms with van der Waals surface area (Å²) in [5.41, 5.74) is 7.38. The Morgan fingerprint density at radius 2 is 2.00 bits per heavy atom. The molecule has 2 aromatic rings. The van der Waals surface area contributed by atoms with Gasteiger partial charge in [0.1, 0.15) is 10.8 Å². The van der Waals surface area contributed by atoms with Crippen LogP contribution in [-0.4, -0.2) is 17.0 Å². The molecule has 0 bridgehead atoms. The number of nitrogens with two attached hydrogens (primary N) is 1. The molecule has 5 heteroatoms. The Bertz CT molecular complexity index is 630. The zero-order valence-corrected chi connectivity index (χ0v) is 12.9. The van der Waals surface area contributed by atoms with E-state index in [1.807, 2.05) is 49.5 Å². The van der Waals surface area contributed by atoms with Gasteiger partial charge in [-0.25, -0.2) is 4.98 Å². The van der Waals surface area contributed by atoms with E-state index in [1.165, 1.54) is 0 Å². The van der Waals surface area contributed by atoms with E-state index in [1.54, 1.807) is 0 Å². The van der Waals surface area contributed by atoms with Gasteiger partial charge in [-0.1, -0.05) is 42.0 Å². The lowest BCUT2D eigenvalue weighted by Crippen LogP contribution is -2.23. The number of rotatable bonds is 4. The fourth-order valence-electron chi connectivity index (χ4n) is 1.95. The molecule has 1 aromatic heterocycles. The lowest BCUT2D eigenvalue weighted by Gasteiger charge is -2.26. The van der Waals surface area contributed by atoms with Crippen molar-refractivity contribution in [1.82, 2.24) is 4.98 Å². The van der Waals surface area contributed by atoms with Crippen LogP contribution in [0.2, 0.25) is 5.02 Å². The summed E-state index contributed by atoms with van der Waals surface area (Å²) in [7, 11) is 1.98. The summed E-state index contributed by atoms with van der Waals surface area (Å²) in [6.07, 6.45) is 0. The van der Waals surface area contributed by atoms with Crippen LogP contribution in [0.3, 0.4) is 0 Å². The van der Waals surface area contributed by atoms with Crippen LogP contribution in [0.5, 0.6) is 0 Å². The average molecular weight is 306 g/mol. The largest absolute Gasteiger partial charge is 0.388 e. The van der Waals surface area contributed by atoms with Crippen LogP contribution >= 0.6 is 23.8 Å². The van der Waals surface area contributed by atoms with Gasteiger partial charge in [-0.05, 0) is 36.8 Å². The number of thiocarbonyl (C=S) groups is 1. The second-order valence-electron chi connectivity index (χ2n) is 4.59. The Labute approximate surface area is 129 Å². The van der Waals surface area contributed by atoms with Crippen LogP contribution in [0.15, 0.2) is 42.5 Å². The van der Waals surface area contributed by atoms with E-state index in [4.69, 9.17) is 29.6 Å². The van der Waals surface area contributed by atoms with E-state index in [9.17, 15) is 0 Å². The van der Waals surface area contributed by atoms with Gasteiger partial charge in [-0.2, -0.15) is 0 Å². The molecule has 0 saturated carbocycles. The van der Waals surface area contributed by atoms with E-state index in [0.29, 0.717) is 10.7 Å². The van der Waals surface area contributed by atoms with Crippen LogP contribution < -0.4 is 10.6 Å². The van der Waals surface area contributed by atoms with Crippen LogP contribution in [0, 0.1) is 0 Å². The highest BCUT2D eigenvalue weighted by Crippen LogP contribution is 2.25. The molecule has 0 spiro atoms. The molecular formula is C15H16ClN3S. The van der Waals surface area contributed by atoms with Crippen LogP contribution in [0.25, 0.3) is 0 Å². The molecule has 0 radical (unpaired) electrons. The van der Waals surface area contributed by atoms with Gasteiger partial charge in [0.15, 0.2) is 0 Å². The minimum absolute atomic E-state index is 0.141. The smallest absolute Gasteiger partial charge is 0.129 e. The Balaban J connectivity index is 2.28. The highest BCUT2D eigenvalue weighted by atomic mass is 35.5. The van der Waals surface area contributed by atoms with Crippen molar-refractivity contribution in [2.45, 2.75) is 13.0 Å². The highest BCUT2D eigenvalue weighted by Gasteiger charge is 2.14. The molecule has 0 fully saturated rings. The van der Waals surface area contributed by atoms with Crippen molar-refractivity contribution in [3.8, 4) is 0 Å². The van der Waals surface area contributed by atoms with Crippen molar-refractivity contribution in [3.05, 3.63) is 58.7 Å². The first kappa shape index (κ1) is 14.8. The number of pyridine rings is 1. The first-order chi connectivity index (χ1) is 9.49. The molecule has 20 heavy (non-hydrogen) atoms. The first-order valence-corrected chi connectivity index (χ1v) is 7.03. The van der Waals surface area contributed by atoms with E-state index in [-0.39, 0.29) is 6.04 Å². The van der Waals surface area contributed by atoms with Crippen molar-refractivity contribution >= 4 is 34.6 Å². The molecule has 0 amide bonds. The van der Waals surface area contributed by atoms with Gasteiger partial charge in [-0.3, -0.25) is 0 Å². The molecule has 1 heterocycles. The maximum atomic E-state index is 6.04. The number of halogens is 1. The monoisotopic (exact) mass is 305 g/mol. The molecule has 1 unspecified atom stereocenters.